The van der Waals surface area contributed by atoms with Crippen LogP contribution in [0.4, 0.5) is 0 Å². The van der Waals surface area contributed by atoms with E-state index in [1.165, 1.54) is 6.92 Å². The number of carbonyl (C=O) groups is 8. The molecule has 178 valence electrons. The Labute approximate surface area is 176 Å². The molecule has 1 fully saturated rings. The standard InChI is InChI=1S/C8H8O8.C8H10O8/c9-3(10)7(4(11)12)1-2-8(7,5(13)14)6(15)16;1-2-3(4(9)10)8(5(11)12,6(13)14)7(15)16/h1-2H2,(H,9,10)(H,11,12)(H,13,14)(H,15,16);3H,2H2,1H3,(H,9,10)(H,11,12)(H,13,14)(H,15,16). The first-order chi connectivity index (χ1) is 14.5. The highest BCUT2D eigenvalue weighted by molar-refractivity contribution is 6.19. The van der Waals surface area contributed by atoms with Gasteiger partial charge in [-0.15, -0.1) is 0 Å². The maximum absolute atomic E-state index is 10.9. The average molecular weight is 466 g/mol. The third-order valence-electron chi connectivity index (χ3n) is 5.30. The molecule has 0 aromatic rings. The van der Waals surface area contributed by atoms with E-state index in [0.29, 0.717) is 0 Å². The third kappa shape index (κ3) is 3.65. The molecule has 0 aliphatic heterocycles. The highest BCUT2D eigenvalue weighted by Gasteiger charge is 2.77. The monoisotopic (exact) mass is 466 g/mol. The van der Waals surface area contributed by atoms with Crippen LogP contribution in [0.25, 0.3) is 0 Å². The van der Waals surface area contributed by atoms with Gasteiger partial charge in [-0.05, 0) is 19.3 Å². The lowest BCUT2D eigenvalue weighted by Gasteiger charge is -2.47. The summed E-state index contributed by atoms with van der Waals surface area (Å²) in [6, 6.07) is 0. The zero-order chi connectivity index (χ0) is 25.8. The molecule has 32 heavy (non-hydrogen) atoms. The summed E-state index contributed by atoms with van der Waals surface area (Å²) in [5, 5.41) is 69.9. The predicted octanol–water partition coefficient (Wildman–Crippen LogP) is -1.57. The molecule has 1 aliphatic carbocycles. The van der Waals surface area contributed by atoms with Crippen LogP contribution in [0.3, 0.4) is 0 Å². The van der Waals surface area contributed by atoms with Gasteiger partial charge in [0.25, 0.3) is 5.41 Å². The molecule has 0 amide bonds. The molecular formula is C16H18O16. The van der Waals surface area contributed by atoms with Crippen molar-refractivity contribution in [2.45, 2.75) is 26.2 Å². The Balaban J connectivity index is 0.000000601. The van der Waals surface area contributed by atoms with Crippen molar-refractivity contribution in [1.82, 2.24) is 0 Å². The van der Waals surface area contributed by atoms with Crippen LogP contribution in [-0.2, 0) is 38.4 Å². The largest absolute Gasteiger partial charge is 0.481 e. The Morgan fingerprint density at radius 3 is 0.938 bits per heavy atom. The second kappa shape index (κ2) is 9.27. The van der Waals surface area contributed by atoms with Gasteiger partial charge in [0.05, 0.1) is 5.92 Å². The number of rotatable bonds is 10. The fourth-order valence-corrected chi connectivity index (χ4v) is 3.35. The van der Waals surface area contributed by atoms with E-state index in [4.69, 9.17) is 40.9 Å². The quantitative estimate of drug-likeness (QED) is 0.168. The molecule has 0 bridgehead atoms. The van der Waals surface area contributed by atoms with E-state index < -0.39 is 89.2 Å². The normalized spacial score (nSPS) is 16.7. The lowest BCUT2D eigenvalue weighted by atomic mass is 9.49. The number of carboxylic acid groups (broad SMARTS) is 8. The van der Waals surface area contributed by atoms with Crippen molar-refractivity contribution in [2.24, 2.45) is 22.2 Å². The van der Waals surface area contributed by atoms with Crippen LogP contribution in [0.1, 0.15) is 26.2 Å². The van der Waals surface area contributed by atoms with Gasteiger partial charge in [-0.2, -0.15) is 0 Å². The van der Waals surface area contributed by atoms with E-state index >= 15 is 0 Å². The Kier molecular flexibility index (Phi) is 8.04. The topological polar surface area (TPSA) is 298 Å². The Morgan fingerprint density at radius 2 is 0.875 bits per heavy atom. The van der Waals surface area contributed by atoms with E-state index in [0.717, 1.165) is 0 Å². The fourth-order valence-electron chi connectivity index (χ4n) is 3.35. The third-order valence-corrected chi connectivity index (χ3v) is 5.30. The van der Waals surface area contributed by atoms with Crippen LogP contribution < -0.4 is 0 Å². The van der Waals surface area contributed by atoms with Crippen LogP contribution in [-0.4, -0.2) is 88.6 Å². The molecule has 1 rings (SSSR count). The second-order valence-electron chi connectivity index (χ2n) is 6.55. The van der Waals surface area contributed by atoms with E-state index in [2.05, 4.69) is 0 Å². The molecule has 0 spiro atoms. The van der Waals surface area contributed by atoms with Gasteiger partial charge in [0.1, 0.15) is 0 Å². The lowest BCUT2D eigenvalue weighted by molar-refractivity contribution is -0.211. The van der Waals surface area contributed by atoms with Gasteiger partial charge in [0.2, 0.25) is 0 Å². The summed E-state index contributed by atoms with van der Waals surface area (Å²) in [6.07, 6.45) is -1.47. The summed E-state index contributed by atoms with van der Waals surface area (Å²) >= 11 is 0. The van der Waals surface area contributed by atoms with E-state index in [1.807, 2.05) is 0 Å². The van der Waals surface area contributed by atoms with Crippen molar-refractivity contribution in [2.75, 3.05) is 0 Å². The fraction of sp³-hybridized carbons (Fsp3) is 0.500. The van der Waals surface area contributed by atoms with Crippen LogP contribution in [0, 0.1) is 22.2 Å². The number of carboxylic acids is 8. The molecule has 1 saturated carbocycles. The van der Waals surface area contributed by atoms with Crippen molar-refractivity contribution < 1.29 is 79.2 Å². The molecule has 1 aliphatic rings. The zero-order valence-corrected chi connectivity index (χ0v) is 16.0. The summed E-state index contributed by atoms with van der Waals surface area (Å²) in [6.45, 7) is 1.20. The highest BCUT2D eigenvalue weighted by Crippen LogP contribution is 2.57. The Morgan fingerprint density at radius 1 is 0.625 bits per heavy atom. The van der Waals surface area contributed by atoms with E-state index in [1.54, 1.807) is 0 Å². The van der Waals surface area contributed by atoms with Crippen molar-refractivity contribution in [3.63, 3.8) is 0 Å². The van der Waals surface area contributed by atoms with Gasteiger partial charge in [0.15, 0.2) is 10.8 Å². The molecule has 0 aromatic heterocycles. The molecule has 1 unspecified atom stereocenters. The zero-order valence-electron chi connectivity index (χ0n) is 16.0. The minimum absolute atomic E-state index is 0.430. The summed E-state index contributed by atoms with van der Waals surface area (Å²) < 4.78 is 0. The maximum Gasteiger partial charge on any atom is 0.333 e. The Hall–Kier alpha value is -4.24. The van der Waals surface area contributed by atoms with Crippen molar-refractivity contribution in [1.29, 1.82) is 0 Å². The summed E-state index contributed by atoms with van der Waals surface area (Å²) in [4.78, 5) is 86.5. The van der Waals surface area contributed by atoms with Crippen LogP contribution in [0.2, 0.25) is 0 Å². The summed E-state index contributed by atoms with van der Waals surface area (Å²) in [7, 11) is 0. The average Bonchev–Trinajstić information content (AvgIpc) is 2.56. The molecule has 16 nitrogen and oxygen atoms in total. The van der Waals surface area contributed by atoms with Gasteiger partial charge >= 0.3 is 47.8 Å². The molecule has 0 radical (unpaired) electrons. The molecule has 0 saturated heterocycles. The van der Waals surface area contributed by atoms with Crippen LogP contribution in [0.15, 0.2) is 0 Å². The first kappa shape index (κ1) is 27.8. The number of hydrogen-bond acceptors (Lipinski definition) is 8. The predicted molar refractivity (Wildman–Crippen MR) is 91.4 cm³/mol. The van der Waals surface area contributed by atoms with E-state index in [-0.39, 0.29) is 0 Å². The summed E-state index contributed by atoms with van der Waals surface area (Å²) in [5.41, 5.74) is -8.93. The molecule has 0 aromatic carbocycles. The number of aliphatic carboxylic acids is 8. The molecule has 16 heteroatoms. The van der Waals surface area contributed by atoms with Crippen molar-refractivity contribution >= 4 is 47.8 Å². The minimum Gasteiger partial charge on any atom is -0.481 e. The Bertz CT molecular complexity index is 780. The first-order valence-corrected chi connectivity index (χ1v) is 8.32. The van der Waals surface area contributed by atoms with Crippen LogP contribution >= 0.6 is 0 Å². The highest BCUT2D eigenvalue weighted by atomic mass is 16.4. The van der Waals surface area contributed by atoms with Gasteiger partial charge in [0, 0.05) is 0 Å². The van der Waals surface area contributed by atoms with Crippen LogP contribution in [0.5, 0.6) is 0 Å². The molecule has 8 N–H and O–H groups in total. The van der Waals surface area contributed by atoms with Crippen molar-refractivity contribution in [3.05, 3.63) is 0 Å². The molecule has 1 atom stereocenters. The smallest absolute Gasteiger partial charge is 0.333 e. The molecular weight excluding hydrogens is 448 g/mol. The SMILES string of the molecule is CCC(C(=O)O)C(C(=O)O)(C(=O)O)C(=O)O.O=C(O)C1(C(=O)O)CCC1(C(=O)O)C(=O)O. The van der Waals surface area contributed by atoms with Gasteiger partial charge in [-0.3, -0.25) is 38.4 Å². The lowest BCUT2D eigenvalue weighted by Crippen LogP contribution is -2.67. The summed E-state index contributed by atoms with van der Waals surface area (Å²) in [5.74, 6) is -18.2. The van der Waals surface area contributed by atoms with Gasteiger partial charge in [-0.1, -0.05) is 6.92 Å². The van der Waals surface area contributed by atoms with Gasteiger partial charge in [-0.25, -0.2) is 0 Å². The second-order valence-corrected chi connectivity index (χ2v) is 6.55. The maximum atomic E-state index is 10.9. The minimum atomic E-state index is -3.36. The first-order valence-electron chi connectivity index (χ1n) is 8.32. The molecule has 0 heterocycles. The van der Waals surface area contributed by atoms with Crippen molar-refractivity contribution in [3.8, 4) is 0 Å². The van der Waals surface area contributed by atoms with E-state index in [9.17, 15) is 38.4 Å². The van der Waals surface area contributed by atoms with Gasteiger partial charge < -0.3 is 40.9 Å². The number of hydrogen-bond donors (Lipinski definition) is 8.